The lowest BCUT2D eigenvalue weighted by atomic mass is 10.2. The third kappa shape index (κ3) is 3.46. The highest BCUT2D eigenvalue weighted by molar-refractivity contribution is 5.92. The standard InChI is InChI=1S/C19H20N6O2/c1-27-17-5-3-2-4-16(17)23-10-12-24(13-11-23)19(26)15-6-7-18(22-21-15)25-9-8-20-14-25/h2-9,14H,10-13H2,1H3. The lowest BCUT2D eigenvalue weighted by molar-refractivity contribution is 0.0739. The Morgan fingerprint density at radius 2 is 1.85 bits per heavy atom. The summed E-state index contributed by atoms with van der Waals surface area (Å²) in [5.74, 6) is 1.38. The van der Waals surface area contributed by atoms with Gasteiger partial charge < -0.3 is 14.5 Å². The van der Waals surface area contributed by atoms with Crippen LogP contribution in [0.5, 0.6) is 5.75 Å². The molecule has 3 heterocycles. The molecule has 8 heteroatoms. The van der Waals surface area contributed by atoms with Crippen LogP contribution in [-0.2, 0) is 0 Å². The molecular weight excluding hydrogens is 344 g/mol. The Labute approximate surface area is 157 Å². The number of carbonyl (C=O) groups excluding carboxylic acids is 1. The summed E-state index contributed by atoms with van der Waals surface area (Å²) in [6, 6.07) is 11.4. The van der Waals surface area contributed by atoms with E-state index in [1.165, 1.54) is 0 Å². The second-order valence-corrected chi connectivity index (χ2v) is 6.20. The fraction of sp³-hybridized carbons (Fsp3) is 0.263. The second kappa shape index (κ2) is 7.45. The first-order chi connectivity index (χ1) is 13.3. The lowest BCUT2D eigenvalue weighted by Crippen LogP contribution is -2.49. The van der Waals surface area contributed by atoms with Crippen LogP contribution in [0.2, 0.25) is 0 Å². The molecule has 1 aromatic carbocycles. The summed E-state index contributed by atoms with van der Waals surface area (Å²) in [5, 5.41) is 8.21. The normalized spacial score (nSPS) is 14.3. The van der Waals surface area contributed by atoms with Crippen LogP contribution in [0, 0.1) is 0 Å². The van der Waals surface area contributed by atoms with Crippen molar-refractivity contribution in [3.63, 3.8) is 0 Å². The zero-order valence-electron chi connectivity index (χ0n) is 15.0. The van der Waals surface area contributed by atoms with Crippen LogP contribution in [-0.4, -0.2) is 63.8 Å². The van der Waals surface area contributed by atoms with E-state index in [1.54, 1.807) is 42.5 Å². The number of hydrogen-bond acceptors (Lipinski definition) is 6. The molecular formula is C19H20N6O2. The molecule has 0 spiro atoms. The number of ether oxygens (including phenoxy) is 1. The number of piperazine rings is 1. The monoisotopic (exact) mass is 364 g/mol. The summed E-state index contributed by atoms with van der Waals surface area (Å²) in [4.78, 5) is 20.8. The summed E-state index contributed by atoms with van der Waals surface area (Å²) in [7, 11) is 1.67. The van der Waals surface area contributed by atoms with E-state index in [1.807, 2.05) is 29.2 Å². The SMILES string of the molecule is COc1ccccc1N1CCN(C(=O)c2ccc(-n3ccnc3)nn2)CC1. The van der Waals surface area contributed by atoms with Crippen molar-refractivity contribution in [2.45, 2.75) is 0 Å². The summed E-state index contributed by atoms with van der Waals surface area (Å²) in [5.41, 5.74) is 1.40. The van der Waals surface area contributed by atoms with Crippen LogP contribution in [0.15, 0.2) is 55.1 Å². The number of methoxy groups -OCH3 is 1. The molecule has 0 saturated carbocycles. The van der Waals surface area contributed by atoms with Gasteiger partial charge in [0.05, 0.1) is 12.8 Å². The number of anilines is 1. The predicted octanol–water partition coefficient (Wildman–Crippen LogP) is 1.63. The fourth-order valence-corrected chi connectivity index (χ4v) is 3.18. The highest BCUT2D eigenvalue weighted by Crippen LogP contribution is 2.28. The van der Waals surface area contributed by atoms with Gasteiger partial charge in [-0.05, 0) is 24.3 Å². The van der Waals surface area contributed by atoms with Crippen LogP contribution in [0.4, 0.5) is 5.69 Å². The Morgan fingerprint density at radius 1 is 1.04 bits per heavy atom. The number of amides is 1. The smallest absolute Gasteiger partial charge is 0.274 e. The molecule has 0 radical (unpaired) electrons. The van der Waals surface area contributed by atoms with Gasteiger partial charge >= 0.3 is 0 Å². The Morgan fingerprint density at radius 3 is 2.52 bits per heavy atom. The maximum atomic E-state index is 12.7. The summed E-state index contributed by atoms with van der Waals surface area (Å²) >= 11 is 0. The highest BCUT2D eigenvalue weighted by Gasteiger charge is 2.24. The number of hydrogen-bond donors (Lipinski definition) is 0. The van der Waals surface area contributed by atoms with E-state index < -0.39 is 0 Å². The van der Waals surface area contributed by atoms with Gasteiger partial charge in [0.25, 0.3) is 5.91 Å². The van der Waals surface area contributed by atoms with Crippen molar-refractivity contribution >= 4 is 11.6 Å². The zero-order chi connectivity index (χ0) is 18.6. The maximum Gasteiger partial charge on any atom is 0.274 e. The van der Waals surface area contributed by atoms with Crippen molar-refractivity contribution in [3.05, 3.63) is 60.8 Å². The Bertz CT molecular complexity index is 902. The number of carbonyl (C=O) groups is 1. The van der Waals surface area contributed by atoms with Gasteiger partial charge in [0.2, 0.25) is 0 Å². The van der Waals surface area contributed by atoms with Crippen molar-refractivity contribution in [1.82, 2.24) is 24.6 Å². The Kier molecular flexibility index (Phi) is 4.69. The van der Waals surface area contributed by atoms with Crippen LogP contribution in [0.25, 0.3) is 5.82 Å². The largest absolute Gasteiger partial charge is 0.495 e. The van der Waals surface area contributed by atoms with Gasteiger partial charge in [0, 0.05) is 38.6 Å². The van der Waals surface area contributed by atoms with E-state index in [0.29, 0.717) is 24.6 Å². The van der Waals surface area contributed by atoms with Gasteiger partial charge in [0.1, 0.15) is 12.1 Å². The van der Waals surface area contributed by atoms with E-state index in [4.69, 9.17) is 4.74 Å². The van der Waals surface area contributed by atoms with Crippen LogP contribution < -0.4 is 9.64 Å². The lowest BCUT2D eigenvalue weighted by Gasteiger charge is -2.36. The molecule has 0 unspecified atom stereocenters. The van der Waals surface area contributed by atoms with Crippen LogP contribution in [0.1, 0.15) is 10.5 Å². The number of para-hydroxylation sites is 2. The van der Waals surface area contributed by atoms with Crippen molar-refractivity contribution in [3.8, 4) is 11.6 Å². The number of nitrogens with zero attached hydrogens (tertiary/aromatic N) is 6. The number of aromatic nitrogens is 4. The number of imidazole rings is 1. The van der Waals surface area contributed by atoms with E-state index >= 15 is 0 Å². The topological polar surface area (TPSA) is 76.4 Å². The average Bonchev–Trinajstić information content (AvgIpc) is 3.28. The molecule has 138 valence electrons. The third-order valence-corrected chi connectivity index (χ3v) is 4.63. The minimum absolute atomic E-state index is 0.0978. The number of rotatable bonds is 4. The fourth-order valence-electron chi connectivity index (χ4n) is 3.18. The molecule has 0 aliphatic carbocycles. The van der Waals surface area contributed by atoms with E-state index in [-0.39, 0.29) is 5.91 Å². The Hall–Kier alpha value is -3.42. The molecule has 8 nitrogen and oxygen atoms in total. The molecule has 4 rings (SSSR count). The molecule has 1 saturated heterocycles. The van der Waals surface area contributed by atoms with Gasteiger partial charge in [0.15, 0.2) is 11.5 Å². The average molecular weight is 364 g/mol. The molecule has 0 N–H and O–H groups in total. The molecule has 0 atom stereocenters. The van der Waals surface area contributed by atoms with Crippen LogP contribution >= 0.6 is 0 Å². The number of benzene rings is 1. The molecule has 1 fully saturated rings. The van der Waals surface area contributed by atoms with E-state index in [9.17, 15) is 4.79 Å². The first-order valence-electron chi connectivity index (χ1n) is 8.75. The first kappa shape index (κ1) is 17.0. The van der Waals surface area contributed by atoms with Gasteiger partial charge in [-0.3, -0.25) is 9.36 Å². The van der Waals surface area contributed by atoms with E-state index in [2.05, 4.69) is 20.1 Å². The molecule has 1 amide bonds. The summed E-state index contributed by atoms with van der Waals surface area (Å²) < 4.78 is 7.18. The van der Waals surface area contributed by atoms with E-state index in [0.717, 1.165) is 24.5 Å². The molecule has 2 aromatic heterocycles. The van der Waals surface area contributed by atoms with Gasteiger partial charge in [-0.25, -0.2) is 4.98 Å². The highest BCUT2D eigenvalue weighted by atomic mass is 16.5. The first-order valence-corrected chi connectivity index (χ1v) is 8.75. The minimum atomic E-state index is -0.0978. The van der Waals surface area contributed by atoms with Crippen molar-refractivity contribution in [2.24, 2.45) is 0 Å². The van der Waals surface area contributed by atoms with Gasteiger partial charge in [-0.2, -0.15) is 0 Å². The molecule has 27 heavy (non-hydrogen) atoms. The minimum Gasteiger partial charge on any atom is -0.495 e. The molecule has 1 aliphatic rings. The van der Waals surface area contributed by atoms with Crippen LogP contribution in [0.3, 0.4) is 0 Å². The quantitative estimate of drug-likeness (QED) is 0.700. The third-order valence-electron chi connectivity index (χ3n) is 4.63. The van der Waals surface area contributed by atoms with Crippen molar-refractivity contribution in [2.75, 3.05) is 38.2 Å². The van der Waals surface area contributed by atoms with Crippen molar-refractivity contribution < 1.29 is 9.53 Å². The second-order valence-electron chi connectivity index (χ2n) is 6.20. The maximum absolute atomic E-state index is 12.7. The zero-order valence-corrected chi connectivity index (χ0v) is 15.0. The van der Waals surface area contributed by atoms with Gasteiger partial charge in [-0.1, -0.05) is 12.1 Å². The predicted molar refractivity (Wildman–Crippen MR) is 100 cm³/mol. The van der Waals surface area contributed by atoms with Gasteiger partial charge in [-0.15, -0.1) is 10.2 Å². The van der Waals surface area contributed by atoms with Crippen molar-refractivity contribution in [1.29, 1.82) is 0 Å². The molecule has 0 bridgehead atoms. The molecule has 3 aromatic rings. The molecule has 1 aliphatic heterocycles. The summed E-state index contributed by atoms with van der Waals surface area (Å²) in [6.07, 6.45) is 5.09. The Balaban J connectivity index is 1.41. The summed E-state index contributed by atoms with van der Waals surface area (Å²) in [6.45, 7) is 2.74.